The summed E-state index contributed by atoms with van der Waals surface area (Å²) >= 11 is 0. The highest BCUT2D eigenvalue weighted by molar-refractivity contribution is 5.85. The number of hydrogen-bond acceptors (Lipinski definition) is 1. The number of hydrogen-bond donors (Lipinski definition) is 0. The summed E-state index contributed by atoms with van der Waals surface area (Å²) in [6, 6.07) is 0.881. The van der Waals surface area contributed by atoms with Gasteiger partial charge in [0.2, 0.25) is 5.91 Å². The van der Waals surface area contributed by atoms with Crippen molar-refractivity contribution in [1.29, 1.82) is 0 Å². The van der Waals surface area contributed by atoms with E-state index < -0.39 is 0 Å². The fraction of sp³-hybridized carbons (Fsp3) is 0.818. The van der Waals surface area contributed by atoms with E-state index in [2.05, 4.69) is 20.8 Å². The maximum absolute atomic E-state index is 11.7. The molecule has 75 valence electrons. The fourth-order valence-corrected chi connectivity index (χ4v) is 2.00. The highest BCUT2D eigenvalue weighted by atomic mass is 16.2. The molecular weight excluding hydrogens is 162 g/mol. The molecule has 2 heteroatoms. The van der Waals surface area contributed by atoms with E-state index in [4.69, 9.17) is 0 Å². The van der Waals surface area contributed by atoms with E-state index in [0.29, 0.717) is 12.1 Å². The lowest BCUT2D eigenvalue weighted by atomic mass is 10.2. The van der Waals surface area contributed by atoms with Gasteiger partial charge in [0.25, 0.3) is 0 Å². The van der Waals surface area contributed by atoms with Gasteiger partial charge in [-0.2, -0.15) is 0 Å². The number of carbonyl (C=O) groups excluding carboxylic acids is 1. The maximum Gasteiger partial charge on any atom is 0.226 e. The maximum atomic E-state index is 11.7. The first-order chi connectivity index (χ1) is 6.16. The van der Waals surface area contributed by atoms with Crippen LogP contribution in [0.2, 0.25) is 0 Å². The lowest BCUT2D eigenvalue weighted by Crippen LogP contribution is -2.38. The first kappa shape index (κ1) is 10.6. The molecule has 0 aromatic carbocycles. The molecule has 1 radical (unpaired) electrons. The molecule has 1 saturated heterocycles. The van der Waals surface area contributed by atoms with Gasteiger partial charge < -0.3 is 4.90 Å². The Morgan fingerprint density at radius 2 is 1.92 bits per heavy atom. The van der Waals surface area contributed by atoms with Crippen molar-refractivity contribution in [3.05, 3.63) is 6.42 Å². The van der Waals surface area contributed by atoms with Crippen LogP contribution in [-0.2, 0) is 4.79 Å². The molecule has 0 aliphatic carbocycles. The van der Waals surface area contributed by atoms with Crippen molar-refractivity contribution >= 4 is 5.91 Å². The minimum atomic E-state index is 0.236. The molecular formula is C11H20NO. The van der Waals surface area contributed by atoms with Crippen LogP contribution in [0.1, 0.15) is 46.5 Å². The van der Waals surface area contributed by atoms with E-state index in [1.807, 2.05) is 11.3 Å². The molecule has 1 aliphatic rings. The van der Waals surface area contributed by atoms with Gasteiger partial charge in [-0.1, -0.05) is 13.3 Å². The Balaban J connectivity index is 2.44. The molecule has 13 heavy (non-hydrogen) atoms. The van der Waals surface area contributed by atoms with Crippen LogP contribution in [0.15, 0.2) is 0 Å². The quantitative estimate of drug-likeness (QED) is 0.656. The third kappa shape index (κ3) is 2.45. The second-order valence-corrected chi connectivity index (χ2v) is 4.01. The van der Waals surface area contributed by atoms with Crippen LogP contribution in [-0.4, -0.2) is 22.9 Å². The van der Waals surface area contributed by atoms with Gasteiger partial charge in [0.15, 0.2) is 0 Å². The molecule has 0 saturated carbocycles. The molecule has 1 amide bonds. The summed E-state index contributed by atoms with van der Waals surface area (Å²) in [6.07, 6.45) is 6.12. The summed E-state index contributed by atoms with van der Waals surface area (Å²) in [4.78, 5) is 13.7. The van der Waals surface area contributed by atoms with Crippen molar-refractivity contribution in [2.45, 2.75) is 58.5 Å². The molecule has 1 fully saturated rings. The third-order valence-electron chi connectivity index (χ3n) is 2.81. The van der Waals surface area contributed by atoms with Gasteiger partial charge in [-0.05, 0) is 33.1 Å². The van der Waals surface area contributed by atoms with Gasteiger partial charge in [0.1, 0.15) is 0 Å². The smallest absolute Gasteiger partial charge is 0.226 e. The van der Waals surface area contributed by atoms with Gasteiger partial charge in [-0.25, -0.2) is 0 Å². The summed E-state index contributed by atoms with van der Waals surface area (Å²) in [7, 11) is 0. The zero-order valence-corrected chi connectivity index (χ0v) is 8.92. The fourth-order valence-electron chi connectivity index (χ4n) is 2.00. The summed E-state index contributed by atoms with van der Waals surface area (Å²) in [6.45, 7) is 6.38. The molecule has 2 atom stereocenters. The van der Waals surface area contributed by atoms with Crippen LogP contribution in [0.3, 0.4) is 0 Å². The predicted molar refractivity (Wildman–Crippen MR) is 54.2 cm³/mol. The standard InChI is InChI=1S/C11H20NO/c1-4-5-6-11(13)12-9(2)7-8-10(12)3/h6,9-10H,4-5,7-8H2,1-3H3/t9-,10-/m1/s1. The average molecular weight is 182 g/mol. The second-order valence-electron chi connectivity index (χ2n) is 4.01. The first-order valence-corrected chi connectivity index (χ1v) is 5.32. The van der Waals surface area contributed by atoms with Crippen molar-refractivity contribution in [2.75, 3.05) is 0 Å². The predicted octanol–water partition coefficient (Wildman–Crippen LogP) is 2.39. The number of amides is 1. The minimum Gasteiger partial charge on any atom is -0.337 e. The average Bonchev–Trinajstić information content (AvgIpc) is 2.42. The van der Waals surface area contributed by atoms with Crippen molar-refractivity contribution in [2.24, 2.45) is 0 Å². The van der Waals surface area contributed by atoms with Crippen molar-refractivity contribution in [1.82, 2.24) is 4.90 Å². The van der Waals surface area contributed by atoms with Crippen molar-refractivity contribution in [3.8, 4) is 0 Å². The first-order valence-electron chi connectivity index (χ1n) is 5.32. The molecule has 1 aliphatic heterocycles. The number of carbonyl (C=O) groups is 1. The van der Waals surface area contributed by atoms with Crippen LogP contribution in [0, 0.1) is 6.42 Å². The Morgan fingerprint density at radius 1 is 1.38 bits per heavy atom. The molecule has 1 rings (SSSR count). The third-order valence-corrected chi connectivity index (χ3v) is 2.81. The van der Waals surface area contributed by atoms with Crippen LogP contribution in [0.5, 0.6) is 0 Å². The summed E-state index contributed by atoms with van der Waals surface area (Å²) in [5.74, 6) is 0.236. The van der Waals surface area contributed by atoms with E-state index in [-0.39, 0.29) is 5.91 Å². The molecule has 0 aromatic rings. The summed E-state index contributed by atoms with van der Waals surface area (Å²) < 4.78 is 0. The monoisotopic (exact) mass is 182 g/mol. The molecule has 0 N–H and O–H groups in total. The SMILES string of the molecule is CCC[CH]C(=O)N1[C@H](C)CC[C@H]1C. The van der Waals surface area contributed by atoms with Crippen LogP contribution >= 0.6 is 0 Å². The zero-order chi connectivity index (χ0) is 9.84. The Hall–Kier alpha value is -0.530. The zero-order valence-electron chi connectivity index (χ0n) is 8.92. The highest BCUT2D eigenvalue weighted by Crippen LogP contribution is 2.24. The molecule has 0 spiro atoms. The topological polar surface area (TPSA) is 20.3 Å². The summed E-state index contributed by atoms with van der Waals surface area (Å²) in [5.41, 5.74) is 0. The Morgan fingerprint density at radius 3 is 2.38 bits per heavy atom. The normalized spacial score (nSPS) is 28.1. The molecule has 2 nitrogen and oxygen atoms in total. The van der Waals surface area contributed by atoms with Gasteiger partial charge in [0.05, 0.1) is 0 Å². The Kier molecular flexibility index (Phi) is 3.76. The lowest BCUT2D eigenvalue weighted by molar-refractivity contribution is -0.129. The van der Waals surface area contributed by atoms with Crippen molar-refractivity contribution < 1.29 is 4.79 Å². The van der Waals surface area contributed by atoms with Crippen LogP contribution in [0.25, 0.3) is 0 Å². The Bertz CT molecular complexity index is 169. The number of unbranched alkanes of at least 4 members (excludes halogenated alkanes) is 1. The van der Waals surface area contributed by atoms with Crippen LogP contribution < -0.4 is 0 Å². The minimum absolute atomic E-state index is 0.236. The number of rotatable bonds is 3. The van der Waals surface area contributed by atoms with E-state index in [0.717, 1.165) is 25.7 Å². The number of nitrogens with zero attached hydrogens (tertiary/aromatic N) is 1. The van der Waals surface area contributed by atoms with Gasteiger partial charge >= 0.3 is 0 Å². The van der Waals surface area contributed by atoms with Gasteiger partial charge in [-0.15, -0.1) is 0 Å². The molecule has 1 heterocycles. The van der Waals surface area contributed by atoms with Gasteiger partial charge in [0, 0.05) is 18.5 Å². The highest BCUT2D eigenvalue weighted by Gasteiger charge is 2.30. The van der Waals surface area contributed by atoms with Crippen molar-refractivity contribution in [3.63, 3.8) is 0 Å². The van der Waals surface area contributed by atoms with E-state index in [1.54, 1.807) is 0 Å². The molecule has 0 bridgehead atoms. The van der Waals surface area contributed by atoms with E-state index in [1.165, 1.54) is 0 Å². The van der Waals surface area contributed by atoms with E-state index in [9.17, 15) is 4.79 Å². The van der Waals surface area contributed by atoms with Gasteiger partial charge in [-0.3, -0.25) is 4.79 Å². The Labute approximate surface area is 81.3 Å². The molecule has 0 aromatic heterocycles. The summed E-state index contributed by atoms with van der Waals surface area (Å²) in [5, 5.41) is 0. The largest absolute Gasteiger partial charge is 0.337 e. The van der Waals surface area contributed by atoms with E-state index >= 15 is 0 Å². The number of likely N-dealkylation sites (tertiary alicyclic amines) is 1. The van der Waals surface area contributed by atoms with Crippen LogP contribution in [0.4, 0.5) is 0 Å². The molecule has 0 unspecified atom stereocenters. The second kappa shape index (κ2) is 4.64. The lowest BCUT2D eigenvalue weighted by Gasteiger charge is -2.26.